The van der Waals surface area contributed by atoms with Crippen LogP contribution in [0.3, 0.4) is 0 Å². The first kappa shape index (κ1) is 31.1. The van der Waals surface area contributed by atoms with Crippen molar-refractivity contribution >= 4 is 17.5 Å². The van der Waals surface area contributed by atoms with Crippen molar-refractivity contribution in [1.82, 2.24) is 20.3 Å². The van der Waals surface area contributed by atoms with Crippen LogP contribution in [0.15, 0.2) is 42.5 Å². The van der Waals surface area contributed by atoms with Crippen molar-refractivity contribution in [3.63, 3.8) is 0 Å². The Morgan fingerprint density at radius 1 is 0.975 bits per heavy atom. The van der Waals surface area contributed by atoms with Crippen molar-refractivity contribution in [3.05, 3.63) is 53.1 Å². The highest BCUT2D eigenvalue weighted by Crippen LogP contribution is 2.35. The lowest BCUT2D eigenvalue weighted by Gasteiger charge is -2.30. The summed E-state index contributed by atoms with van der Waals surface area (Å²) in [5.74, 6) is -0.141. The number of halogens is 4. The largest absolute Gasteiger partial charge is 0.493 e. The first-order chi connectivity index (χ1) is 18.6. The fourth-order valence-corrected chi connectivity index (χ4v) is 3.64. The molecule has 0 saturated heterocycles. The standard InChI is InChI=1S/C28H32ClF3N4O4/c1-16(33-24(37)27(5,39-7)28(30,31)32)18-10-13-21(29)20(14-18)23-34-22(35-25(36-23)38-6)17-8-11-19(12-9-17)40-15-26(2,3)4/h8-14,16H,15H2,1-7H3,(H,33,37)/t16?,27-/m1/s1. The van der Waals surface area contributed by atoms with Gasteiger partial charge in [-0.25, -0.2) is 4.98 Å². The van der Waals surface area contributed by atoms with Gasteiger partial charge in [0.1, 0.15) is 5.75 Å². The molecule has 2 atom stereocenters. The van der Waals surface area contributed by atoms with E-state index in [0.29, 0.717) is 41.8 Å². The van der Waals surface area contributed by atoms with Gasteiger partial charge in [0.05, 0.1) is 24.8 Å². The molecule has 0 aliphatic rings. The number of nitrogens with one attached hydrogen (secondary N) is 1. The summed E-state index contributed by atoms with van der Waals surface area (Å²) in [4.78, 5) is 25.7. The number of ether oxygens (including phenoxy) is 3. The Labute approximate surface area is 236 Å². The van der Waals surface area contributed by atoms with E-state index in [1.165, 1.54) is 7.11 Å². The van der Waals surface area contributed by atoms with E-state index in [1.807, 2.05) is 12.1 Å². The summed E-state index contributed by atoms with van der Waals surface area (Å²) in [5, 5.41) is 2.64. The maximum absolute atomic E-state index is 13.5. The van der Waals surface area contributed by atoms with Crippen molar-refractivity contribution in [2.24, 2.45) is 5.41 Å². The Morgan fingerprint density at radius 3 is 2.15 bits per heavy atom. The zero-order chi connectivity index (χ0) is 29.9. The number of aromatic nitrogens is 3. The van der Waals surface area contributed by atoms with Gasteiger partial charge in [-0.3, -0.25) is 4.79 Å². The van der Waals surface area contributed by atoms with E-state index in [-0.39, 0.29) is 22.3 Å². The van der Waals surface area contributed by atoms with Gasteiger partial charge in [0, 0.05) is 18.2 Å². The molecule has 0 aliphatic carbocycles. The maximum atomic E-state index is 13.5. The number of carbonyl (C=O) groups excluding carboxylic acids is 1. The van der Waals surface area contributed by atoms with Gasteiger partial charge in [-0.2, -0.15) is 23.1 Å². The molecule has 12 heteroatoms. The first-order valence-electron chi connectivity index (χ1n) is 12.3. The van der Waals surface area contributed by atoms with E-state index >= 15 is 0 Å². The molecule has 0 fully saturated rings. The predicted octanol–water partition coefficient (Wildman–Crippen LogP) is 6.44. The van der Waals surface area contributed by atoms with Crippen molar-refractivity contribution in [2.45, 2.75) is 52.4 Å². The number of hydrogen-bond donors (Lipinski definition) is 1. The molecule has 3 aromatic rings. The first-order valence-corrected chi connectivity index (χ1v) is 12.7. The van der Waals surface area contributed by atoms with Crippen LogP contribution >= 0.6 is 11.6 Å². The minimum Gasteiger partial charge on any atom is -0.493 e. The molecule has 0 bridgehead atoms. The van der Waals surface area contributed by atoms with Gasteiger partial charge in [-0.05, 0) is 61.2 Å². The van der Waals surface area contributed by atoms with Crippen LogP contribution in [0.5, 0.6) is 11.8 Å². The SMILES string of the molecule is COc1nc(-c2ccc(OCC(C)(C)C)cc2)nc(-c2cc(C(C)NC(=O)[C@@](C)(OC)C(F)(F)F)ccc2Cl)n1. The quantitative estimate of drug-likeness (QED) is 0.311. The van der Waals surface area contributed by atoms with Crippen LogP contribution in [0.4, 0.5) is 13.2 Å². The van der Waals surface area contributed by atoms with Crippen molar-refractivity contribution in [3.8, 4) is 34.5 Å². The minimum absolute atomic E-state index is 0.00499. The van der Waals surface area contributed by atoms with Crippen molar-refractivity contribution in [2.75, 3.05) is 20.8 Å². The number of hydrogen-bond acceptors (Lipinski definition) is 7. The molecule has 2 aromatic carbocycles. The number of alkyl halides is 3. The predicted molar refractivity (Wildman–Crippen MR) is 145 cm³/mol. The van der Waals surface area contributed by atoms with Gasteiger partial charge in [-0.15, -0.1) is 0 Å². The Morgan fingerprint density at radius 2 is 1.60 bits per heavy atom. The fraction of sp³-hybridized carbons (Fsp3) is 0.429. The third-order valence-electron chi connectivity index (χ3n) is 6.04. The lowest BCUT2D eigenvalue weighted by molar-refractivity contribution is -0.254. The highest BCUT2D eigenvalue weighted by atomic mass is 35.5. The second-order valence-corrected chi connectivity index (χ2v) is 10.9. The third kappa shape index (κ3) is 7.19. The average Bonchev–Trinajstić information content (AvgIpc) is 2.90. The van der Waals surface area contributed by atoms with Gasteiger partial charge < -0.3 is 19.5 Å². The molecular weight excluding hydrogens is 549 g/mol. The fourth-order valence-electron chi connectivity index (χ4n) is 3.44. The summed E-state index contributed by atoms with van der Waals surface area (Å²) < 4.78 is 56.0. The van der Waals surface area contributed by atoms with Crippen molar-refractivity contribution in [1.29, 1.82) is 0 Å². The van der Waals surface area contributed by atoms with Crippen LogP contribution in [-0.4, -0.2) is 53.5 Å². The molecule has 0 radical (unpaired) electrons. The normalized spacial score (nSPS) is 14.3. The van der Waals surface area contributed by atoms with E-state index in [2.05, 4.69) is 45.8 Å². The van der Waals surface area contributed by atoms with Gasteiger partial charge >= 0.3 is 12.2 Å². The summed E-state index contributed by atoms with van der Waals surface area (Å²) in [7, 11) is 2.24. The number of nitrogens with zero attached hydrogens (tertiary/aromatic N) is 3. The monoisotopic (exact) mass is 580 g/mol. The molecule has 0 spiro atoms. The summed E-state index contributed by atoms with van der Waals surface area (Å²) in [6.45, 7) is 8.99. The number of rotatable bonds is 9. The van der Waals surface area contributed by atoms with E-state index in [0.717, 1.165) is 7.11 Å². The topological polar surface area (TPSA) is 95.5 Å². The summed E-state index contributed by atoms with van der Waals surface area (Å²) in [5.41, 5.74) is -1.50. The summed E-state index contributed by atoms with van der Waals surface area (Å²) >= 11 is 6.47. The van der Waals surface area contributed by atoms with E-state index in [9.17, 15) is 18.0 Å². The molecule has 0 saturated carbocycles. The molecule has 1 heterocycles. The van der Waals surface area contributed by atoms with E-state index in [4.69, 9.17) is 21.1 Å². The zero-order valence-electron chi connectivity index (χ0n) is 23.3. The van der Waals surface area contributed by atoms with E-state index < -0.39 is 23.7 Å². The number of methoxy groups -OCH3 is 2. The molecular formula is C28H32ClF3N4O4. The molecule has 40 heavy (non-hydrogen) atoms. The Kier molecular flexibility index (Phi) is 9.31. The minimum atomic E-state index is -4.91. The van der Waals surface area contributed by atoms with Crippen LogP contribution in [0.25, 0.3) is 22.8 Å². The van der Waals surface area contributed by atoms with Crippen LogP contribution in [0.1, 0.15) is 46.2 Å². The average molecular weight is 581 g/mol. The van der Waals surface area contributed by atoms with Gasteiger partial charge in [0.2, 0.25) is 5.60 Å². The summed E-state index contributed by atoms with van der Waals surface area (Å²) in [6, 6.07) is 11.2. The Balaban J connectivity index is 1.93. The molecule has 1 aromatic heterocycles. The molecule has 0 aliphatic heterocycles. The van der Waals surface area contributed by atoms with Crippen LogP contribution in [-0.2, 0) is 9.53 Å². The molecule has 216 valence electrons. The molecule has 1 unspecified atom stereocenters. The molecule has 1 N–H and O–H groups in total. The van der Waals surface area contributed by atoms with Gasteiger partial charge in [0.15, 0.2) is 11.6 Å². The highest BCUT2D eigenvalue weighted by molar-refractivity contribution is 6.33. The Bertz CT molecular complexity index is 1350. The molecule has 3 rings (SSSR count). The highest BCUT2D eigenvalue weighted by Gasteiger charge is 2.57. The maximum Gasteiger partial charge on any atom is 0.426 e. The second-order valence-electron chi connectivity index (χ2n) is 10.5. The van der Waals surface area contributed by atoms with E-state index in [1.54, 1.807) is 37.3 Å². The zero-order valence-corrected chi connectivity index (χ0v) is 24.1. The Hall–Kier alpha value is -3.44. The number of amides is 1. The third-order valence-corrected chi connectivity index (χ3v) is 6.37. The lowest BCUT2D eigenvalue weighted by Crippen LogP contribution is -2.56. The van der Waals surface area contributed by atoms with Crippen LogP contribution in [0, 0.1) is 5.41 Å². The second kappa shape index (κ2) is 12.0. The molecule has 8 nitrogen and oxygen atoms in total. The summed E-state index contributed by atoms with van der Waals surface area (Å²) in [6.07, 6.45) is -4.91. The van der Waals surface area contributed by atoms with Crippen LogP contribution < -0.4 is 14.8 Å². The van der Waals surface area contributed by atoms with Gasteiger partial charge in [-0.1, -0.05) is 38.4 Å². The van der Waals surface area contributed by atoms with Gasteiger partial charge in [0.25, 0.3) is 5.91 Å². The number of carbonyl (C=O) groups is 1. The van der Waals surface area contributed by atoms with Crippen molar-refractivity contribution < 1.29 is 32.2 Å². The smallest absolute Gasteiger partial charge is 0.426 e. The van der Waals surface area contributed by atoms with Crippen LogP contribution in [0.2, 0.25) is 5.02 Å². The lowest BCUT2D eigenvalue weighted by atomic mass is 9.99. The molecule has 1 amide bonds. The number of benzene rings is 2.